The molecule has 3 rings (SSSR count). The third-order valence-electron chi connectivity index (χ3n) is 4.13. The molecule has 1 saturated heterocycles. The number of benzene rings is 1. The number of H-pyrrole nitrogens is 1. The predicted octanol–water partition coefficient (Wildman–Crippen LogP) is 2.59. The Bertz CT molecular complexity index is 476. The molecule has 2 heterocycles. The predicted molar refractivity (Wildman–Crippen MR) is 70.2 cm³/mol. The molecule has 0 atom stereocenters. The molecule has 0 bridgehead atoms. The Kier molecular flexibility index (Phi) is 2.63. The molecule has 17 heavy (non-hydrogen) atoms. The fraction of sp³-hybridized carbons (Fsp3) is 0.500. The van der Waals surface area contributed by atoms with Gasteiger partial charge in [-0.25, -0.2) is 4.98 Å². The summed E-state index contributed by atoms with van der Waals surface area (Å²) in [6.45, 7) is 4.48. The van der Waals surface area contributed by atoms with Crippen LogP contribution in [0.15, 0.2) is 24.3 Å². The van der Waals surface area contributed by atoms with Crippen LogP contribution in [-0.2, 0) is 5.41 Å². The molecule has 2 aromatic rings. The molecule has 1 aliphatic heterocycles. The van der Waals surface area contributed by atoms with Gasteiger partial charge >= 0.3 is 0 Å². The van der Waals surface area contributed by atoms with Gasteiger partial charge in [-0.1, -0.05) is 19.1 Å². The average Bonchev–Trinajstić information content (AvgIpc) is 2.84. The third-order valence-corrected chi connectivity index (χ3v) is 4.13. The van der Waals surface area contributed by atoms with Crippen LogP contribution in [-0.4, -0.2) is 23.1 Å². The number of hydrogen-bond acceptors (Lipinski definition) is 2. The molecule has 1 fully saturated rings. The number of nitrogens with zero attached hydrogens (tertiary/aromatic N) is 1. The van der Waals surface area contributed by atoms with Gasteiger partial charge in [0.05, 0.1) is 11.0 Å². The van der Waals surface area contributed by atoms with Gasteiger partial charge in [0.1, 0.15) is 5.82 Å². The zero-order valence-electron chi connectivity index (χ0n) is 10.3. The second kappa shape index (κ2) is 4.15. The van der Waals surface area contributed by atoms with Crippen molar-refractivity contribution in [1.82, 2.24) is 15.3 Å². The Balaban J connectivity index is 2.05. The molecular formula is C14H19N3. The highest BCUT2D eigenvalue weighted by atomic mass is 15.0. The van der Waals surface area contributed by atoms with Crippen LogP contribution in [0.5, 0.6) is 0 Å². The minimum atomic E-state index is 0.254. The van der Waals surface area contributed by atoms with Crippen LogP contribution < -0.4 is 5.32 Å². The van der Waals surface area contributed by atoms with Crippen LogP contribution in [0.2, 0.25) is 0 Å². The highest BCUT2D eigenvalue weighted by molar-refractivity contribution is 5.75. The van der Waals surface area contributed by atoms with Gasteiger partial charge < -0.3 is 10.3 Å². The van der Waals surface area contributed by atoms with E-state index in [4.69, 9.17) is 4.98 Å². The summed E-state index contributed by atoms with van der Waals surface area (Å²) in [5.41, 5.74) is 2.51. The Morgan fingerprint density at radius 1 is 1.24 bits per heavy atom. The molecule has 1 aliphatic rings. The number of rotatable bonds is 2. The Morgan fingerprint density at radius 2 is 2.00 bits per heavy atom. The maximum atomic E-state index is 4.80. The lowest BCUT2D eigenvalue weighted by atomic mass is 9.76. The van der Waals surface area contributed by atoms with E-state index >= 15 is 0 Å². The standard InChI is InChI=1S/C14H19N3/c1-2-14(7-9-15-10-8-14)13-16-11-5-3-4-6-12(11)17-13/h3-6,15H,2,7-10H2,1H3,(H,16,17). The van der Waals surface area contributed by atoms with Crippen molar-refractivity contribution >= 4 is 11.0 Å². The number of hydrogen-bond donors (Lipinski definition) is 2. The van der Waals surface area contributed by atoms with Crippen molar-refractivity contribution in [3.63, 3.8) is 0 Å². The van der Waals surface area contributed by atoms with Crippen molar-refractivity contribution in [1.29, 1.82) is 0 Å². The molecule has 3 heteroatoms. The molecule has 0 aliphatic carbocycles. The quantitative estimate of drug-likeness (QED) is 0.831. The van der Waals surface area contributed by atoms with Crippen molar-refractivity contribution in [3.05, 3.63) is 30.1 Å². The smallest absolute Gasteiger partial charge is 0.113 e. The summed E-state index contributed by atoms with van der Waals surface area (Å²) in [6.07, 6.45) is 3.53. The van der Waals surface area contributed by atoms with E-state index in [1.165, 1.54) is 18.7 Å². The highest BCUT2D eigenvalue weighted by Crippen LogP contribution is 2.35. The molecule has 0 unspecified atom stereocenters. The average molecular weight is 229 g/mol. The fourth-order valence-electron chi connectivity index (χ4n) is 2.87. The normalized spacial score (nSPS) is 19.6. The highest BCUT2D eigenvalue weighted by Gasteiger charge is 2.34. The third kappa shape index (κ3) is 1.75. The largest absolute Gasteiger partial charge is 0.342 e. The molecule has 2 N–H and O–H groups in total. The second-order valence-corrected chi connectivity index (χ2v) is 4.99. The van der Waals surface area contributed by atoms with Crippen LogP contribution >= 0.6 is 0 Å². The van der Waals surface area contributed by atoms with E-state index in [2.05, 4.69) is 35.4 Å². The van der Waals surface area contributed by atoms with Crippen molar-refractivity contribution in [2.45, 2.75) is 31.6 Å². The second-order valence-electron chi connectivity index (χ2n) is 4.99. The number of para-hydroxylation sites is 2. The van der Waals surface area contributed by atoms with Crippen LogP contribution in [0, 0.1) is 0 Å². The van der Waals surface area contributed by atoms with Crippen LogP contribution in [0.3, 0.4) is 0 Å². The summed E-state index contributed by atoms with van der Waals surface area (Å²) < 4.78 is 0. The number of imidazole rings is 1. The number of aromatic nitrogens is 2. The summed E-state index contributed by atoms with van der Waals surface area (Å²) in [6, 6.07) is 8.30. The zero-order valence-corrected chi connectivity index (χ0v) is 10.3. The van der Waals surface area contributed by atoms with Gasteiger partial charge in [-0.3, -0.25) is 0 Å². The van der Waals surface area contributed by atoms with Crippen molar-refractivity contribution in [3.8, 4) is 0 Å². The number of aromatic amines is 1. The van der Waals surface area contributed by atoms with Crippen molar-refractivity contribution < 1.29 is 0 Å². The summed E-state index contributed by atoms with van der Waals surface area (Å²) in [7, 11) is 0. The first kappa shape index (κ1) is 10.8. The lowest BCUT2D eigenvalue weighted by Crippen LogP contribution is -2.40. The van der Waals surface area contributed by atoms with Gasteiger partial charge in [-0.05, 0) is 44.5 Å². The van der Waals surface area contributed by atoms with E-state index in [1.807, 2.05) is 6.07 Å². The molecule has 3 nitrogen and oxygen atoms in total. The van der Waals surface area contributed by atoms with E-state index < -0.39 is 0 Å². The van der Waals surface area contributed by atoms with E-state index in [9.17, 15) is 0 Å². The van der Waals surface area contributed by atoms with Crippen molar-refractivity contribution in [2.24, 2.45) is 0 Å². The fourth-order valence-corrected chi connectivity index (χ4v) is 2.87. The lowest BCUT2D eigenvalue weighted by Gasteiger charge is -2.35. The Labute approximate surface area is 102 Å². The van der Waals surface area contributed by atoms with Gasteiger partial charge in [0.2, 0.25) is 0 Å². The van der Waals surface area contributed by atoms with E-state index in [1.54, 1.807) is 0 Å². The van der Waals surface area contributed by atoms with E-state index in [0.717, 1.165) is 30.5 Å². The lowest BCUT2D eigenvalue weighted by molar-refractivity contribution is 0.285. The number of fused-ring (bicyclic) bond motifs is 1. The molecule has 1 aromatic carbocycles. The maximum absolute atomic E-state index is 4.80. The first-order valence-corrected chi connectivity index (χ1v) is 6.50. The van der Waals surface area contributed by atoms with Gasteiger partial charge in [-0.2, -0.15) is 0 Å². The molecule has 0 amide bonds. The molecule has 0 radical (unpaired) electrons. The number of nitrogens with one attached hydrogen (secondary N) is 2. The van der Waals surface area contributed by atoms with E-state index in [0.29, 0.717) is 0 Å². The molecule has 0 spiro atoms. The molecule has 1 aromatic heterocycles. The topological polar surface area (TPSA) is 40.7 Å². The van der Waals surface area contributed by atoms with Gasteiger partial charge in [0.25, 0.3) is 0 Å². The first-order chi connectivity index (χ1) is 8.34. The van der Waals surface area contributed by atoms with Crippen molar-refractivity contribution in [2.75, 3.05) is 13.1 Å². The minimum absolute atomic E-state index is 0.254. The SMILES string of the molecule is CCC1(c2nc3ccccc3[nH]2)CCNCC1. The molecule has 90 valence electrons. The van der Waals surface area contributed by atoms with Crippen LogP contribution in [0.1, 0.15) is 32.0 Å². The van der Waals surface area contributed by atoms with E-state index in [-0.39, 0.29) is 5.41 Å². The minimum Gasteiger partial charge on any atom is -0.342 e. The first-order valence-electron chi connectivity index (χ1n) is 6.50. The van der Waals surface area contributed by atoms with Gasteiger partial charge in [0, 0.05) is 5.41 Å². The summed E-state index contributed by atoms with van der Waals surface area (Å²) >= 11 is 0. The Morgan fingerprint density at radius 3 is 2.71 bits per heavy atom. The zero-order chi connectivity index (χ0) is 11.7. The van der Waals surface area contributed by atoms with Gasteiger partial charge in [0.15, 0.2) is 0 Å². The summed E-state index contributed by atoms with van der Waals surface area (Å²) in [5, 5.41) is 3.44. The summed E-state index contributed by atoms with van der Waals surface area (Å²) in [5.74, 6) is 1.18. The summed E-state index contributed by atoms with van der Waals surface area (Å²) in [4.78, 5) is 8.31. The monoisotopic (exact) mass is 229 g/mol. The molecular weight excluding hydrogens is 210 g/mol. The molecule has 0 saturated carbocycles. The van der Waals surface area contributed by atoms with Crippen LogP contribution in [0.25, 0.3) is 11.0 Å². The Hall–Kier alpha value is -1.35. The van der Waals surface area contributed by atoms with Crippen LogP contribution in [0.4, 0.5) is 0 Å². The maximum Gasteiger partial charge on any atom is 0.113 e. The number of piperidine rings is 1. The van der Waals surface area contributed by atoms with Gasteiger partial charge in [-0.15, -0.1) is 0 Å².